The number of unbranched alkanes of at least 4 members (excludes halogenated alkanes) is 2. The molecule has 0 aliphatic carbocycles. The Hall–Kier alpha value is -1.40. The number of halogens is 2. The van der Waals surface area contributed by atoms with Gasteiger partial charge in [0.15, 0.2) is 0 Å². The van der Waals surface area contributed by atoms with E-state index in [-0.39, 0.29) is 13.0 Å². The number of ether oxygens (including phenoxy) is 2. The number of alkyl carbamates (subject to hydrolysis) is 1. The lowest BCUT2D eigenvalue weighted by molar-refractivity contribution is -0.176. The number of rotatable bonds is 8. The summed E-state index contributed by atoms with van der Waals surface area (Å²) in [6.07, 6.45) is 1.03. The number of carbonyl (C=O) groups excluding carboxylic acids is 2. The average Bonchev–Trinajstić information content (AvgIpc) is 2.35. The maximum Gasteiger partial charge on any atom is 0.408 e. The third-order valence-corrected chi connectivity index (χ3v) is 2.77. The highest BCUT2D eigenvalue weighted by Gasteiger charge is 2.49. The number of nitrogens with one attached hydrogen (secondary N) is 1. The molecule has 130 valence electrons. The zero-order chi connectivity index (χ0) is 17.4. The molecule has 0 aromatic heterocycles. The first-order chi connectivity index (χ1) is 10.0. The van der Waals surface area contributed by atoms with Crippen molar-refractivity contribution in [2.24, 2.45) is 0 Å². The molecule has 0 spiro atoms. The fourth-order valence-electron chi connectivity index (χ4n) is 1.76. The molecule has 0 saturated heterocycles. The quantitative estimate of drug-likeness (QED) is 0.547. The SMILES string of the molecule is CCCCCC(NC(=O)OC(C)(C)C)C(F)(F)C(=O)OCC. The van der Waals surface area contributed by atoms with Gasteiger partial charge in [-0.3, -0.25) is 0 Å². The molecule has 0 saturated carbocycles. The Labute approximate surface area is 130 Å². The largest absolute Gasteiger partial charge is 0.461 e. The van der Waals surface area contributed by atoms with Gasteiger partial charge < -0.3 is 14.8 Å². The van der Waals surface area contributed by atoms with Crippen molar-refractivity contribution < 1.29 is 27.8 Å². The van der Waals surface area contributed by atoms with Crippen molar-refractivity contribution in [3.8, 4) is 0 Å². The standard InChI is InChI=1S/C15H27F2NO4/c1-6-8-9-10-11(15(16,17)12(19)21-7-2)18-13(20)22-14(3,4)5/h11H,6-10H2,1-5H3,(H,18,20). The van der Waals surface area contributed by atoms with Gasteiger partial charge in [-0.15, -0.1) is 0 Å². The van der Waals surface area contributed by atoms with Gasteiger partial charge in [-0.2, -0.15) is 8.78 Å². The minimum atomic E-state index is -3.79. The Balaban J connectivity index is 4.94. The molecule has 0 aliphatic rings. The van der Waals surface area contributed by atoms with Crippen molar-refractivity contribution in [2.45, 2.75) is 77.9 Å². The van der Waals surface area contributed by atoms with E-state index in [2.05, 4.69) is 10.1 Å². The van der Waals surface area contributed by atoms with Gasteiger partial charge in [-0.1, -0.05) is 26.2 Å². The third-order valence-electron chi connectivity index (χ3n) is 2.77. The average molecular weight is 323 g/mol. The fraction of sp³-hybridized carbons (Fsp3) is 0.867. The summed E-state index contributed by atoms with van der Waals surface area (Å²) in [5.74, 6) is -5.42. The maximum absolute atomic E-state index is 14.1. The van der Waals surface area contributed by atoms with Crippen molar-refractivity contribution in [3.05, 3.63) is 0 Å². The first-order valence-electron chi connectivity index (χ1n) is 7.59. The molecule has 0 rings (SSSR count). The Bertz CT molecular complexity index is 367. The highest BCUT2D eigenvalue weighted by Crippen LogP contribution is 2.25. The van der Waals surface area contributed by atoms with Crippen LogP contribution in [0.25, 0.3) is 0 Å². The summed E-state index contributed by atoms with van der Waals surface area (Å²) in [6.45, 7) is 8.11. The Morgan fingerprint density at radius 2 is 1.73 bits per heavy atom. The van der Waals surface area contributed by atoms with E-state index in [1.54, 1.807) is 20.8 Å². The first kappa shape index (κ1) is 20.6. The van der Waals surface area contributed by atoms with E-state index >= 15 is 0 Å². The van der Waals surface area contributed by atoms with Gasteiger partial charge >= 0.3 is 18.0 Å². The smallest absolute Gasteiger partial charge is 0.408 e. The fourth-order valence-corrected chi connectivity index (χ4v) is 1.76. The molecule has 0 heterocycles. The van der Waals surface area contributed by atoms with Crippen LogP contribution >= 0.6 is 0 Å². The van der Waals surface area contributed by atoms with Gasteiger partial charge in [-0.05, 0) is 34.1 Å². The third kappa shape index (κ3) is 7.56. The van der Waals surface area contributed by atoms with E-state index in [9.17, 15) is 18.4 Å². The zero-order valence-corrected chi connectivity index (χ0v) is 14.0. The van der Waals surface area contributed by atoms with Crippen molar-refractivity contribution in [3.63, 3.8) is 0 Å². The van der Waals surface area contributed by atoms with Gasteiger partial charge in [-0.25, -0.2) is 9.59 Å². The Kier molecular flexibility index (Phi) is 8.34. The molecular weight excluding hydrogens is 296 g/mol. The lowest BCUT2D eigenvalue weighted by Gasteiger charge is -2.27. The van der Waals surface area contributed by atoms with Crippen LogP contribution in [-0.4, -0.2) is 36.2 Å². The molecule has 1 amide bonds. The minimum absolute atomic E-state index is 0.0289. The van der Waals surface area contributed by atoms with Gasteiger partial charge in [0.25, 0.3) is 0 Å². The normalized spacial score (nSPS) is 13.4. The van der Waals surface area contributed by atoms with Crippen LogP contribution in [-0.2, 0) is 14.3 Å². The summed E-state index contributed by atoms with van der Waals surface area (Å²) in [5.41, 5.74) is -0.808. The van der Waals surface area contributed by atoms with Crippen LogP contribution in [0.15, 0.2) is 0 Å². The van der Waals surface area contributed by atoms with E-state index in [0.717, 1.165) is 12.8 Å². The molecule has 5 nitrogen and oxygen atoms in total. The molecular formula is C15H27F2NO4. The molecule has 0 aromatic carbocycles. The molecule has 1 unspecified atom stereocenters. The summed E-state index contributed by atoms with van der Waals surface area (Å²) in [4.78, 5) is 23.2. The second kappa shape index (κ2) is 8.90. The molecule has 22 heavy (non-hydrogen) atoms. The van der Waals surface area contributed by atoms with Crippen LogP contribution in [0.5, 0.6) is 0 Å². The van der Waals surface area contributed by atoms with Gasteiger partial charge in [0.1, 0.15) is 11.6 Å². The lowest BCUT2D eigenvalue weighted by Crippen LogP contribution is -2.53. The number of esters is 1. The van der Waals surface area contributed by atoms with Crippen molar-refractivity contribution >= 4 is 12.1 Å². The lowest BCUT2D eigenvalue weighted by atomic mass is 10.0. The molecule has 1 atom stereocenters. The molecule has 0 fully saturated rings. The topological polar surface area (TPSA) is 64.6 Å². The number of amides is 1. The Morgan fingerprint density at radius 1 is 1.14 bits per heavy atom. The van der Waals surface area contributed by atoms with E-state index < -0.39 is 29.6 Å². The highest BCUT2D eigenvalue weighted by atomic mass is 19.3. The van der Waals surface area contributed by atoms with Crippen LogP contribution < -0.4 is 5.32 Å². The van der Waals surface area contributed by atoms with Crippen molar-refractivity contribution in [1.29, 1.82) is 0 Å². The van der Waals surface area contributed by atoms with E-state index in [1.807, 2.05) is 6.92 Å². The van der Waals surface area contributed by atoms with Crippen LogP contribution in [0.2, 0.25) is 0 Å². The predicted octanol–water partition coefficient (Wildman–Crippen LogP) is 3.66. The highest BCUT2D eigenvalue weighted by molar-refractivity contribution is 5.80. The van der Waals surface area contributed by atoms with Crippen LogP contribution in [0.4, 0.5) is 13.6 Å². The van der Waals surface area contributed by atoms with Crippen molar-refractivity contribution in [1.82, 2.24) is 5.32 Å². The predicted molar refractivity (Wildman–Crippen MR) is 78.9 cm³/mol. The molecule has 0 aliphatic heterocycles. The van der Waals surface area contributed by atoms with E-state index in [1.165, 1.54) is 6.92 Å². The van der Waals surface area contributed by atoms with E-state index in [0.29, 0.717) is 6.42 Å². The zero-order valence-electron chi connectivity index (χ0n) is 14.0. The summed E-state index contributed by atoms with van der Waals surface area (Å²) < 4.78 is 37.7. The van der Waals surface area contributed by atoms with Crippen LogP contribution in [0.1, 0.15) is 60.3 Å². The van der Waals surface area contributed by atoms with Crippen molar-refractivity contribution in [2.75, 3.05) is 6.61 Å². The van der Waals surface area contributed by atoms with Gasteiger partial charge in [0.2, 0.25) is 0 Å². The Morgan fingerprint density at radius 3 is 2.18 bits per heavy atom. The molecule has 0 bridgehead atoms. The van der Waals surface area contributed by atoms with Crippen LogP contribution in [0.3, 0.4) is 0 Å². The van der Waals surface area contributed by atoms with Crippen LogP contribution in [0, 0.1) is 0 Å². The second-order valence-electron chi connectivity index (χ2n) is 6.04. The van der Waals surface area contributed by atoms with Gasteiger partial charge in [0, 0.05) is 0 Å². The second-order valence-corrected chi connectivity index (χ2v) is 6.04. The van der Waals surface area contributed by atoms with Gasteiger partial charge in [0.05, 0.1) is 6.61 Å². The van der Waals surface area contributed by atoms with E-state index in [4.69, 9.17) is 4.74 Å². The summed E-state index contributed by atoms with van der Waals surface area (Å²) in [7, 11) is 0. The summed E-state index contributed by atoms with van der Waals surface area (Å²) >= 11 is 0. The number of carbonyl (C=O) groups is 2. The summed E-state index contributed by atoms with van der Waals surface area (Å²) in [6, 6.07) is -1.65. The molecule has 1 N–H and O–H groups in total. The number of hydrogen-bond acceptors (Lipinski definition) is 4. The molecule has 0 aromatic rings. The first-order valence-corrected chi connectivity index (χ1v) is 7.59. The maximum atomic E-state index is 14.1. The molecule has 0 radical (unpaired) electrons. The molecule has 7 heteroatoms. The number of hydrogen-bond donors (Lipinski definition) is 1. The number of alkyl halides is 2. The monoisotopic (exact) mass is 323 g/mol. The minimum Gasteiger partial charge on any atom is -0.461 e. The summed E-state index contributed by atoms with van der Waals surface area (Å²) in [5, 5.41) is 2.10.